The lowest BCUT2D eigenvalue weighted by Gasteiger charge is -2.34. The second-order valence-corrected chi connectivity index (χ2v) is 7.05. The fraction of sp³-hybridized carbons (Fsp3) is 0.600. The second-order valence-electron chi connectivity index (χ2n) is 7.05. The summed E-state index contributed by atoms with van der Waals surface area (Å²) in [5.41, 5.74) is 2.67. The van der Waals surface area contributed by atoms with Gasteiger partial charge in [-0.15, -0.1) is 0 Å². The summed E-state index contributed by atoms with van der Waals surface area (Å²) in [6.07, 6.45) is 7.51. The molecule has 0 bridgehead atoms. The van der Waals surface area contributed by atoms with Crippen LogP contribution in [0.2, 0.25) is 0 Å². The van der Waals surface area contributed by atoms with Crippen molar-refractivity contribution < 1.29 is 9.59 Å². The predicted molar refractivity (Wildman–Crippen MR) is 94.6 cm³/mol. The number of nitrogens with zero attached hydrogens (tertiary/aromatic N) is 2. The summed E-state index contributed by atoms with van der Waals surface area (Å²) in [4.78, 5) is 28.5. The summed E-state index contributed by atoms with van der Waals surface area (Å²) >= 11 is 0. The van der Waals surface area contributed by atoms with Crippen LogP contribution in [0, 0.1) is 0 Å². The number of rotatable bonds is 4. The number of benzene rings is 1. The molecule has 1 aliphatic heterocycles. The standard InChI is InChI=1S/C20H28N2O2/c1-21(18-11-7-9-16-8-4-5-10-17(16)18)19(23)13-15-22-14-6-2-3-12-20(22)24/h4-5,8,10,18H,2-3,6-7,9,11-15H2,1H3/t18-/m0/s1. The molecule has 24 heavy (non-hydrogen) atoms. The van der Waals surface area contributed by atoms with E-state index in [9.17, 15) is 9.59 Å². The van der Waals surface area contributed by atoms with Gasteiger partial charge in [-0.1, -0.05) is 30.7 Å². The minimum atomic E-state index is 0.147. The SMILES string of the molecule is CN(C(=O)CCN1CCCCCC1=O)[C@H]1CCCc2ccccc21. The molecule has 4 nitrogen and oxygen atoms in total. The van der Waals surface area contributed by atoms with Gasteiger partial charge >= 0.3 is 0 Å². The molecule has 2 amide bonds. The number of likely N-dealkylation sites (tertiary alicyclic amines) is 1. The van der Waals surface area contributed by atoms with E-state index in [-0.39, 0.29) is 17.9 Å². The van der Waals surface area contributed by atoms with Crippen molar-refractivity contribution in [2.45, 2.75) is 57.4 Å². The number of carbonyl (C=O) groups excluding carboxylic acids is 2. The van der Waals surface area contributed by atoms with E-state index >= 15 is 0 Å². The zero-order valence-electron chi connectivity index (χ0n) is 14.7. The summed E-state index contributed by atoms with van der Waals surface area (Å²) in [5.74, 6) is 0.361. The lowest BCUT2D eigenvalue weighted by Crippen LogP contribution is -2.37. The molecule has 3 rings (SSSR count). The van der Waals surface area contributed by atoms with Crippen molar-refractivity contribution in [3.8, 4) is 0 Å². The van der Waals surface area contributed by atoms with Gasteiger partial charge < -0.3 is 9.80 Å². The van der Waals surface area contributed by atoms with Crippen LogP contribution < -0.4 is 0 Å². The molecule has 1 aromatic rings. The third kappa shape index (κ3) is 3.80. The molecule has 130 valence electrons. The second kappa shape index (κ2) is 7.82. The first-order chi connectivity index (χ1) is 11.7. The van der Waals surface area contributed by atoms with Gasteiger partial charge in [0.15, 0.2) is 0 Å². The minimum Gasteiger partial charge on any atom is -0.342 e. The van der Waals surface area contributed by atoms with Crippen molar-refractivity contribution in [1.82, 2.24) is 9.80 Å². The van der Waals surface area contributed by atoms with E-state index in [1.807, 2.05) is 16.8 Å². The topological polar surface area (TPSA) is 40.6 Å². The van der Waals surface area contributed by atoms with E-state index in [2.05, 4.69) is 24.3 Å². The van der Waals surface area contributed by atoms with Crippen molar-refractivity contribution in [2.75, 3.05) is 20.1 Å². The highest BCUT2D eigenvalue weighted by Gasteiger charge is 2.27. The maximum atomic E-state index is 12.7. The van der Waals surface area contributed by atoms with Crippen molar-refractivity contribution >= 4 is 11.8 Å². The van der Waals surface area contributed by atoms with Gasteiger partial charge in [0, 0.05) is 33.0 Å². The Bertz CT molecular complexity index is 599. The normalized spacial score (nSPS) is 21.1. The van der Waals surface area contributed by atoms with Gasteiger partial charge in [0.25, 0.3) is 0 Å². The highest BCUT2D eigenvalue weighted by molar-refractivity contribution is 5.79. The third-order valence-electron chi connectivity index (χ3n) is 5.47. The lowest BCUT2D eigenvalue weighted by atomic mass is 9.87. The minimum absolute atomic E-state index is 0.147. The van der Waals surface area contributed by atoms with Crippen molar-refractivity contribution in [3.63, 3.8) is 0 Å². The molecule has 1 atom stereocenters. The largest absolute Gasteiger partial charge is 0.342 e. The van der Waals surface area contributed by atoms with Gasteiger partial charge in [-0.2, -0.15) is 0 Å². The number of fused-ring (bicyclic) bond motifs is 1. The van der Waals surface area contributed by atoms with Crippen molar-refractivity contribution in [1.29, 1.82) is 0 Å². The quantitative estimate of drug-likeness (QED) is 0.851. The number of amides is 2. The summed E-state index contributed by atoms with van der Waals surface area (Å²) in [5, 5.41) is 0. The summed E-state index contributed by atoms with van der Waals surface area (Å²) in [6, 6.07) is 8.65. The molecular formula is C20H28N2O2. The fourth-order valence-corrected chi connectivity index (χ4v) is 3.99. The van der Waals surface area contributed by atoms with E-state index in [4.69, 9.17) is 0 Å². The van der Waals surface area contributed by atoms with Gasteiger partial charge in [-0.25, -0.2) is 0 Å². The smallest absolute Gasteiger partial charge is 0.224 e. The number of aryl methyl sites for hydroxylation is 1. The molecule has 0 unspecified atom stereocenters. The van der Waals surface area contributed by atoms with Crippen LogP contribution in [0.4, 0.5) is 0 Å². The molecule has 1 saturated heterocycles. The Morgan fingerprint density at radius 3 is 2.88 bits per heavy atom. The Labute approximate surface area is 144 Å². The fourth-order valence-electron chi connectivity index (χ4n) is 3.99. The van der Waals surface area contributed by atoms with Gasteiger partial charge in [0.1, 0.15) is 0 Å². The van der Waals surface area contributed by atoms with Crippen LogP contribution in [-0.4, -0.2) is 41.8 Å². The highest BCUT2D eigenvalue weighted by Crippen LogP contribution is 2.33. The average molecular weight is 328 g/mol. The van der Waals surface area contributed by atoms with Crippen LogP contribution in [0.1, 0.15) is 62.1 Å². The van der Waals surface area contributed by atoms with E-state index in [0.717, 1.165) is 45.1 Å². The Hall–Kier alpha value is -1.84. The first-order valence-electron chi connectivity index (χ1n) is 9.28. The molecule has 0 saturated carbocycles. The van der Waals surface area contributed by atoms with E-state index in [1.54, 1.807) is 0 Å². The molecule has 1 heterocycles. The predicted octanol–water partition coefficient (Wildman–Crippen LogP) is 3.32. The number of hydrogen-bond acceptors (Lipinski definition) is 2. The van der Waals surface area contributed by atoms with Crippen LogP contribution in [0.15, 0.2) is 24.3 Å². The van der Waals surface area contributed by atoms with Gasteiger partial charge in [-0.05, 0) is 43.2 Å². The van der Waals surface area contributed by atoms with Crippen LogP contribution in [0.5, 0.6) is 0 Å². The van der Waals surface area contributed by atoms with Gasteiger partial charge in [0.2, 0.25) is 11.8 Å². The Morgan fingerprint density at radius 1 is 1.17 bits per heavy atom. The van der Waals surface area contributed by atoms with E-state index in [1.165, 1.54) is 11.1 Å². The molecule has 0 radical (unpaired) electrons. The summed E-state index contributed by atoms with van der Waals surface area (Å²) in [6.45, 7) is 1.37. The lowest BCUT2D eigenvalue weighted by molar-refractivity contribution is -0.134. The number of hydrogen-bond donors (Lipinski definition) is 0. The highest BCUT2D eigenvalue weighted by atomic mass is 16.2. The average Bonchev–Trinajstić information content (AvgIpc) is 2.82. The maximum Gasteiger partial charge on any atom is 0.224 e. The molecule has 1 fully saturated rings. The van der Waals surface area contributed by atoms with Crippen LogP contribution >= 0.6 is 0 Å². The molecule has 0 aromatic heterocycles. The van der Waals surface area contributed by atoms with Crippen molar-refractivity contribution in [2.24, 2.45) is 0 Å². The zero-order valence-corrected chi connectivity index (χ0v) is 14.7. The van der Waals surface area contributed by atoms with E-state index < -0.39 is 0 Å². The molecule has 0 spiro atoms. The van der Waals surface area contributed by atoms with Crippen molar-refractivity contribution in [3.05, 3.63) is 35.4 Å². The molecule has 2 aliphatic rings. The maximum absolute atomic E-state index is 12.7. The van der Waals surface area contributed by atoms with Crippen LogP contribution in [0.3, 0.4) is 0 Å². The number of carbonyl (C=O) groups is 2. The van der Waals surface area contributed by atoms with E-state index in [0.29, 0.717) is 19.4 Å². The molecule has 0 N–H and O–H groups in total. The Balaban J connectivity index is 1.60. The Kier molecular flexibility index (Phi) is 5.54. The zero-order chi connectivity index (χ0) is 16.9. The van der Waals surface area contributed by atoms with Crippen LogP contribution in [-0.2, 0) is 16.0 Å². The first kappa shape index (κ1) is 17.0. The van der Waals surface area contributed by atoms with Gasteiger partial charge in [-0.3, -0.25) is 9.59 Å². The molecule has 1 aromatic carbocycles. The Morgan fingerprint density at radius 2 is 2.00 bits per heavy atom. The molecule has 4 heteroatoms. The molecular weight excluding hydrogens is 300 g/mol. The first-order valence-corrected chi connectivity index (χ1v) is 9.28. The third-order valence-corrected chi connectivity index (χ3v) is 5.47. The van der Waals surface area contributed by atoms with Gasteiger partial charge in [0.05, 0.1) is 6.04 Å². The summed E-state index contributed by atoms with van der Waals surface area (Å²) in [7, 11) is 1.92. The summed E-state index contributed by atoms with van der Waals surface area (Å²) < 4.78 is 0. The monoisotopic (exact) mass is 328 g/mol. The molecule has 1 aliphatic carbocycles. The van der Waals surface area contributed by atoms with Crippen LogP contribution in [0.25, 0.3) is 0 Å².